The predicted molar refractivity (Wildman–Crippen MR) is 84.7 cm³/mol. The van der Waals surface area contributed by atoms with Crippen LogP contribution in [-0.4, -0.2) is 17.3 Å². The first-order chi connectivity index (χ1) is 10.8. The number of furan rings is 1. The number of rotatable bonds is 6. The summed E-state index contributed by atoms with van der Waals surface area (Å²) in [7, 11) is 1.68. The fourth-order valence-electron chi connectivity index (χ4n) is 2.10. The van der Waals surface area contributed by atoms with Crippen molar-refractivity contribution in [2.45, 2.75) is 17.9 Å². The van der Waals surface area contributed by atoms with Gasteiger partial charge in [-0.15, -0.1) is 22.0 Å². The molecule has 0 aliphatic rings. The number of nitrogens with zero attached hydrogens (tertiary/aromatic N) is 2. The van der Waals surface area contributed by atoms with Gasteiger partial charge >= 0.3 is 0 Å². The maximum Gasteiger partial charge on any atom is 0.283 e. The van der Waals surface area contributed by atoms with Gasteiger partial charge in [0.2, 0.25) is 5.89 Å². The van der Waals surface area contributed by atoms with Crippen LogP contribution in [0.15, 0.2) is 51.5 Å². The van der Waals surface area contributed by atoms with Crippen molar-refractivity contribution in [2.24, 2.45) is 0 Å². The van der Waals surface area contributed by atoms with Crippen molar-refractivity contribution >= 4 is 11.8 Å². The van der Waals surface area contributed by atoms with Gasteiger partial charge in [-0.1, -0.05) is 18.2 Å². The lowest BCUT2D eigenvalue weighted by Crippen LogP contribution is -1.95. The summed E-state index contributed by atoms with van der Waals surface area (Å²) in [5.74, 6) is 3.10. The number of methoxy groups -OCH3 is 1. The molecule has 0 spiro atoms. The molecular formula is C16H16N2O3S. The van der Waals surface area contributed by atoms with Crippen molar-refractivity contribution in [3.8, 4) is 17.4 Å². The van der Waals surface area contributed by atoms with Crippen LogP contribution in [0.5, 0.6) is 5.75 Å². The second-order valence-corrected chi connectivity index (χ2v) is 6.00. The van der Waals surface area contributed by atoms with Crippen LogP contribution < -0.4 is 4.74 Å². The summed E-state index contributed by atoms with van der Waals surface area (Å²) in [6.45, 7) is 2.13. The number of thioether (sulfide) groups is 1. The first-order valence-corrected chi connectivity index (χ1v) is 7.93. The summed E-state index contributed by atoms with van der Waals surface area (Å²) in [5.41, 5.74) is 1.15. The van der Waals surface area contributed by atoms with Crippen LogP contribution in [0.3, 0.4) is 0 Å². The highest BCUT2D eigenvalue weighted by Crippen LogP contribution is 2.36. The predicted octanol–water partition coefficient (Wildman–Crippen LogP) is 4.33. The van der Waals surface area contributed by atoms with E-state index in [0.717, 1.165) is 11.3 Å². The third kappa shape index (κ3) is 3.17. The molecule has 0 aliphatic carbocycles. The average Bonchev–Trinajstić information content (AvgIpc) is 3.23. The lowest BCUT2D eigenvalue weighted by atomic mass is 10.1. The second kappa shape index (κ2) is 6.70. The molecule has 0 aliphatic heterocycles. The Bertz CT molecular complexity index is 725. The van der Waals surface area contributed by atoms with Crippen LogP contribution in [0.2, 0.25) is 0 Å². The van der Waals surface area contributed by atoms with E-state index in [-0.39, 0.29) is 5.25 Å². The molecule has 0 fully saturated rings. The van der Waals surface area contributed by atoms with Gasteiger partial charge in [-0.3, -0.25) is 0 Å². The van der Waals surface area contributed by atoms with Gasteiger partial charge in [-0.2, -0.15) is 0 Å². The molecule has 3 aromatic rings. The van der Waals surface area contributed by atoms with Gasteiger partial charge in [0, 0.05) is 10.8 Å². The van der Waals surface area contributed by atoms with Crippen LogP contribution in [0, 0.1) is 0 Å². The van der Waals surface area contributed by atoms with Crippen molar-refractivity contribution in [3.05, 3.63) is 54.1 Å². The van der Waals surface area contributed by atoms with E-state index in [1.165, 1.54) is 0 Å². The largest absolute Gasteiger partial charge is 0.496 e. The zero-order chi connectivity index (χ0) is 15.4. The van der Waals surface area contributed by atoms with E-state index in [1.54, 1.807) is 37.3 Å². The van der Waals surface area contributed by atoms with Crippen LogP contribution in [0.4, 0.5) is 0 Å². The minimum absolute atomic E-state index is 0.259. The van der Waals surface area contributed by atoms with Crippen molar-refractivity contribution in [1.82, 2.24) is 10.2 Å². The van der Waals surface area contributed by atoms with Gasteiger partial charge in [0.15, 0.2) is 5.76 Å². The number of benzene rings is 1. The van der Waals surface area contributed by atoms with E-state index in [4.69, 9.17) is 13.6 Å². The van der Waals surface area contributed by atoms with E-state index in [9.17, 15) is 0 Å². The number of para-hydroxylation sites is 1. The first-order valence-electron chi connectivity index (χ1n) is 6.88. The Balaban J connectivity index is 1.65. The Morgan fingerprint density at radius 2 is 2.05 bits per heavy atom. The Hall–Kier alpha value is -2.21. The molecule has 22 heavy (non-hydrogen) atoms. The number of hydrogen-bond acceptors (Lipinski definition) is 6. The molecule has 2 heterocycles. The third-order valence-electron chi connectivity index (χ3n) is 3.23. The lowest BCUT2D eigenvalue weighted by molar-refractivity contribution is 0.410. The summed E-state index contributed by atoms with van der Waals surface area (Å²) >= 11 is 1.72. The summed E-state index contributed by atoms with van der Waals surface area (Å²) in [6.07, 6.45) is 1.58. The molecule has 5 nitrogen and oxygen atoms in total. The Labute approximate surface area is 132 Å². The standard InChI is InChI=1S/C16H16N2O3S/c1-11(12-6-3-4-7-13(12)19-2)22-10-15-17-18-16(21-15)14-8-5-9-20-14/h3-9,11H,10H2,1-2H3. The van der Waals surface area contributed by atoms with E-state index >= 15 is 0 Å². The Morgan fingerprint density at radius 3 is 2.82 bits per heavy atom. The summed E-state index contributed by atoms with van der Waals surface area (Å²) in [6, 6.07) is 11.6. The molecule has 1 unspecified atom stereocenters. The maximum atomic E-state index is 5.60. The monoisotopic (exact) mass is 316 g/mol. The highest BCUT2D eigenvalue weighted by molar-refractivity contribution is 7.98. The molecule has 0 radical (unpaired) electrons. The molecule has 114 valence electrons. The van der Waals surface area contributed by atoms with Crippen molar-refractivity contribution in [2.75, 3.05) is 7.11 Å². The number of aromatic nitrogens is 2. The van der Waals surface area contributed by atoms with Gasteiger partial charge in [0.25, 0.3) is 5.89 Å². The first kappa shape index (κ1) is 14.7. The van der Waals surface area contributed by atoms with E-state index in [2.05, 4.69) is 23.2 Å². The van der Waals surface area contributed by atoms with Gasteiger partial charge in [-0.05, 0) is 25.1 Å². The molecule has 0 saturated carbocycles. The summed E-state index contributed by atoms with van der Waals surface area (Å²) in [5, 5.41) is 8.31. The van der Waals surface area contributed by atoms with Gasteiger partial charge in [-0.25, -0.2) is 0 Å². The van der Waals surface area contributed by atoms with Gasteiger partial charge in [0.05, 0.1) is 19.1 Å². The molecule has 1 aromatic carbocycles. The highest BCUT2D eigenvalue weighted by Gasteiger charge is 2.15. The van der Waals surface area contributed by atoms with Crippen molar-refractivity contribution in [1.29, 1.82) is 0 Å². The van der Waals surface area contributed by atoms with Crippen molar-refractivity contribution in [3.63, 3.8) is 0 Å². The smallest absolute Gasteiger partial charge is 0.283 e. The Kier molecular flexibility index (Phi) is 4.48. The minimum atomic E-state index is 0.259. The zero-order valence-corrected chi connectivity index (χ0v) is 13.2. The fourth-order valence-corrected chi connectivity index (χ4v) is 2.98. The number of hydrogen-bond donors (Lipinski definition) is 0. The topological polar surface area (TPSA) is 61.3 Å². The van der Waals surface area contributed by atoms with E-state index in [0.29, 0.717) is 23.3 Å². The molecular weight excluding hydrogens is 300 g/mol. The van der Waals surface area contributed by atoms with Crippen LogP contribution in [0.25, 0.3) is 11.7 Å². The van der Waals surface area contributed by atoms with E-state index in [1.807, 2.05) is 18.2 Å². The molecule has 2 aromatic heterocycles. The van der Waals surface area contributed by atoms with Gasteiger partial charge in [0.1, 0.15) is 5.75 Å². The molecule has 1 atom stereocenters. The highest BCUT2D eigenvalue weighted by atomic mass is 32.2. The molecule has 3 rings (SSSR count). The van der Waals surface area contributed by atoms with Crippen molar-refractivity contribution < 1.29 is 13.6 Å². The molecule has 0 bridgehead atoms. The average molecular weight is 316 g/mol. The van der Waals surface area contributed by atoms with Crippen LogP contribution in [-0.2, 0) is 5.75 Å². The fraction of sp³-hybridized carbons (Fsp3) is 0.250. The maximum absolute atomic E-state index is 5.60. The van der Waals surface area contributed by atoms with E-state index < -0.39 is 0 Å². The quantitative estimate of drug-likeness (QED) is 0.674. The number of ether oxygens (including phenoxy) is 1. The molecule has 0 amide bonds. The Morgan fingerprint density at radius 1 is 1.18 bits per heavy atom. The van der Waals surface area contributed by atoms with Gasteiger partial charge < -0.3 is 13.6 Å². The molecule has 0 saturated heterocycles. The third-order valence-corrected chi connectivity index (χ3v) is 4.40. The minimum Gasteiger partial charge on any atom is -0.496 e. The lowest BCUT2D eigenvalue weighted by Gasteiger charge is -2.14. The summed E-state index contributed by atoms with van der Waals surface area (Å²) < 4.78 is 16.2. The second-order valence-electron chi connectivity index (χ2n) is 4.67. The SMILES string of the molecule is COc1ccccc1C(C)SCc1nnc(-c2ccco2)o1. The van der Waals surface area contributed by atoms with Crippen LogP contribution in [0.1, 0.15) is 23.6 Å². The molecule has 6 heteroatoms. The zero-order valence-electron chi connectivity index (χ0n) is 12.4. The normalized spacial score (nSPS) is 12.3. The van der Waals surface area contributed by atoms with Crippen LogP contribution >= 0.6 is 11.8 Å². The summed E-state index contributed by atoms with van der Waals surface area (Å²) in [4.78, 5) is 0. The molecule has 0 N–H and O–H groups in total.